The molecule has 2 aromatic carbocycles. The highest BCUT2D eigenvalue weighted by Gasteiger charge is 2.07. The summed E-state index contributed by atoms with van der Waals surface area (Å²) in [4.78, 5) is 4.55. The van der Waals surface area contributed by atoms with Crippen molar-refractivity contribution in [1.82, 2.24) is 10.3 Å². The fourth-order valence-electron chi connectivity index (χ4n) is 2.26. The van der Waals surface area contributed by atoms with E-state index >= 15 is 0 Å². The fourth-order valence-corrected chi connectivity index (χ4v) is 2.44. The topological polar surface area (TPSA) is 34.1 Å². The van der Waals surface area contributed by atoms with Crippen molar-refractivity contribution in [2.75, 3.05) is 7.05 Å². The van der Waals surface area contributed by atoms with E-state index < -0.39 is 0 Å². The molecule has 0 aliphatic heterocycles. The van der Waals surface area contributed by atoms with Gasteiger partial charge in [-0.15, -0.1) is 0 Å². The Morgan fingerprint density at radius 2 is 1.95 bits per heavy atom. The zero-order chi connectivity index (χ0) is 14.7. The summed E-state index contributed by atoms with van der Waals surface area (Å²) in [6.07, 6.45) is 0. The van der Waals surface area contributed by atoms with Crippen LogP contribution in [0, 0.1) is 0 Å². The molecule has 0 aliphatic carbocycles. The van der Waals surface area contributed by atoms with Crippen LogP contribution < -0.4 is 10.1 Å². The van der Waals surface area contributed by atoms with E-state index in [1.54, 1.807) is 6.07 Å². The smallest absolute Gasteiger partial charge is 0.220 e. The molecular formula is C17H15ClN2O. The Bertz CT molecular complexity index is 774. The molecule has 21 heavy (non-hydrogen) atoms. The number of fused-ring (bicyclic) bond motifs is 1. The molecule has 0 bridgehead atoms. The number of para-hydroxylation sites is 1. The summed E-state index contributed by atoms with van der Waals surface area (Å²) in [6, 6.07) is 17.3. The van der Waals surface area contributed by atoms with Gasteiger partial charge in [0.1, 0.15) is 5.75 Å². The van der Waals surface area contributed by atoms with Crippen molar-refractivity contribution in [1.29, 1.82) is 0 Å². The lowest BCUT2D eigenvalue weighted by Crippen LogP contribution is -2.06. The molecule has 1 heterocycles. The van der Waals surface area contributed by atoms with Gasteiger partial charge in [0.05, 0.1) is 5.52 Å². The summed E-state index contributed by atoms with van der Waals surface area (Å²) < 4.78 is 5.83. The highest BCUT2D eigenvalue weighted by Crippen LogP contribution is 2.27. The van der Waals surface area contributed by atoms with Crippen LogP contribution in [0.5, 0.6) is 11.6 Å². The lowest BCUT2D eigenvalue weighted by atomic mass is 10.1. The van der Waals surface area contributed by atoms with Crippen molar-refractivity contribution in [2.45, 2.75) is 6.54 Å². The maximum atomic E-state index is 5.98. The number of hydrogen-bond donors (Lipinski definition) is 1. The lowest BCUT2D eigenvalue weighted by Gasteiger charge is -2.10. The SMILES string of the molecule is CNCc1cc(Oc2cccc(Cl)c2)nc2ccccc12. The second-order valence-electron chi connectivity index (χ2n) is 4.73. The average Bonchev–Trinajstić information content (AvgIpc) is 2.47. The van der Waals surface area contributed by atoms with Crippen molar-refractivity contribution in [3.63, 3.8) is 0 Å². The minimum atomic E-state index is 0.571. The van der Waals surface area contributed by atoms with E-state index in [9.17, 15) is 0 Å². The van der Waals surface area contributed by atoms with Gasteiger partial charge in [-0.3, -0.25) is 0 Å². The van der Waals surface area contributed by atoms with Gasteiger partial charge in [-0.05, 0) is 36.9 Å². The first-order chi connectivity index (χ1) is 10.3. The van der Waals surface area contributed by atoms with E-state index in [1.165, 1.54) is 0 Å². The van der Waals surface area contributed by atoms with Gasteiger partial charge < -0.3 is 10.1 Å². The molecule has 3 rings (SSSR count). The van der Waals surface area contributed by atoms with E-state index in [4.69, 9.17) is 16.3 Å². The molecule has 106 valence electrons. The van der Waals surface area contributed by atoms with Gasteiger partial charge in [0.2, 0.25) is 5.88 Å². The predicted molar refractivity (Wildman–Crippen MR) is 86.0 cm³/mol. The van der Waals surface area contributed by atoms with Crippen LogP contribution in [-0.2, 0) is 6.54 Å². The number of halogens is 1. The Labute approximate surface area is 128 Å². The van der Waals surface area contributed by atoms with Crippen LogP contribution in [0.25, 0.3) is 10.9 Å². The van der Waals surface area contributed by atoms with Crippen LogP contribution in [0.3, 0.4) is 0 Å². The molecule has 4 heteroatoms. The van der Waals surface area contributed by atoms with Crippen LogP contribution in [-0.4, -0.2) is 12.0 Å². The van der Waals surface area contributed by atoms with Crippen LogP contribution in [0.15, 0.2) is 54.6 Å². The Kier molecular flexibility index (Phi) is 4.04. The molecule has 3 aromatic rings. The van der Waals surface area contributed by atoms with Crippen LogP contribution in [0.1, 0.15) is 5.56 Å². The molecule has 0 fully saturated rings. The third kappa shape index (κ3) is 3.15. The zero-order valence-corrected chi connectivity index (χ0v) is 12.4. The standard InChI is InChI=1S/C17H15ClN2O/c1-19-11-12-9-17(20-16-8-3-2-7-15(12)16)21-14-6-4-5-13(18)10-14/h2-10,19H,11H2,1H3. The van der Waals surface area contributed by atoms with Crippen molar-refractivity contribution >= 4 is 22.5 Å². The summed E-state index contributed by atoms with van der Waals surface area (Å²) in [5, 5.41) is 4.94. The molecular weight excluding hydrogens is 284 g/mol. The first kappa shape index (κ1) is 13.9. The summed E-state index contributed by atoms with van der Waals surface area (Å²) in [6.45, 7) is 0.759. The van der Waals surface area contributed by atoms with Gasteiger partial charge in [-0.2, -0.15) is 0 Å². The molecule has 0 amide bonds. The maximum absolute atomic E-state index is 5.98. The molecule has 0 aliphatic rings. The van der Waals surface area contributed by atoms with E-state index in [0.29, 0.717) is 16.7 Å². The van der Waals surface area contributed by atoms with Crippen molar-refractivity contribution in [3.05, 3.63) is 65.2 Å². The van der Waals surface area contributed by atoms with Crippen molar-refractivity contribution in [2.24, 2.45) is 0 Å². The van der Waals surface area contributed by atoms with E-state index in [2.05, 4.69) is 16.4 Å². The third-order valence-corrected chi connectivity index (χ3v) is 3.40. The minimum absolute atomic E-state index is 0.571. The van der Waals surface area contributed by atoms with Crippen LogP contribution in [0.4, 0.5) is 0 Å². The molecule has 3 nitrogen and oxygen atoms in total. The van der Waals surface area contributed by atoms with Gasteiger partial charge >= 0.3 is 0 Å². The third-order valence-electron chi connectivity index (χ3n) is 3.16. The zero-order valence-electron chi connectivity index (χ0n) is 11.6. The Morgan fingerprint density at radius 1 is 1.10 bits per heavy atom. The normalized spacial score (nSPS) is 10.8. The summed E-state index contributed by atoms with van der Waals surface area (Å²) >= 11 is 5.98. The number of hydrogen-bond acceptors (Lipinski definition) is 3. The molecule has 1 N–H and O–H groups in total. The lowest BCUT2D eigenvalue weighted by molar-refractivity contribution is 0.464. The van der Waals surface area contributed by atoms with Crippen LogP contribution in [0.2, 0.25) is 5.02 Å². The molecule has 0 atom stereocenters. The Balaban J connectivity index is 2.02. The first-order valence-electron chi connectivity index (χ1n) is 6.73. The summed E-state index contributed by atoms with van der Waals surface area (Å²) in [5.41, 5.74) is 2.07. The fraction of sp³-hybridized carbons (Fsp3) is 0.118. The van der Waals surface area contributed by atoms with E-state index in [1.807, 2.05) is 49.5 Å². The van der Waals surface area contributed by atoms with Crippen molar-refractivity contribution in [3.8, 4) is 11.6 Å². The predicted octanol–water partition coefficient (Wildman–Crippen LogP) is 4.40. The van der Waals surface area contributed by atoms with E-state index in [0.717, 1.165) is 23.0 Å². The van der Waals surface area contributed by atoms with Crippen LogP contribution >= 0.6 is 11.6 Å². The van der Waals surface area contributed by atoms with Crippen molar-refractivity contribution < 1.29 is 4.74 Å². The van der Waals surface area contributed by atoms with Gasteiger partial charge in [-0.25, -0.2) is 4.98 Å². The van der Waals surface area contributed by atoms with Gasteiger partial charge in [0.25, 0.3) is 0 Å². The van der Waals surface area contributed by atoms with Gasteiger partial charge in [0.15, 0.2) is 0 Å². The number of benzene rings is 2. The Morgan fingerprint density at radius 3 is 2.76 bits per heavy atom. The monoisotopic (exact) mass is 298 g/mol. The maximum Gasteiger partial charge on any atom is 0.220 e. The quantitative estimate of drug-likeness (QED) is 0.775. The molecule has 0 saturated heterocycles. The summed E-state index contributed by atoms with van der Waals surface area (Å²) in [7, 11) is 1.92. The number of pyridine rings is 1. The minimum Gasteiger partial charge on any atom is -0.439 e. The second kappa shape index (κ2) is 6.12. The highest BCUT2D eigenvalue weighted by atomic mass is 35.5. The number of nitrogens with one attached hydrogen (secondary N) is 1. The second-order valence-corrected chi connectivity index (χ2v) is 5.16. The first-order valence-corrected chi connectivity index (χ1v) is 7.11. The molecule has 0 saturated carbocycles. The largest absolute Gasteiger partial charge is 0.439 e. The van der Waals surface area contributed by atoms with Gasteiger partial charge in [0, 0.05) is 23.0 Å². The molecule has 0 unspecified atom stereocenters. The number of nitrogens with zero attached hydrogens (tertiary/aromatic N) is 1. The summed E-state index contributed by atoms with van der Waals surface area (Å²) in [5.74, 6) is 1.25. The van der Waals surface area contributed by atoms with Gasteiger partial charge in [-0.1, -0.05) is 35.9 Å². The van der Waals surface area contributed by atoms with E-state index in [-0.39, 0.29) is 0 Å². The molecule has 0 spiro atoms. The Hall–Kier alpha value is -2.10. The average molecular weight is 299 g/mol. The highest BCUT2D eigenvalue weighted by molar-refractivity contribution is 6.30. The number of ether oxygens (including phenoxy) is 1. The number of rotatable bonds is 4. The molecule has 1 aromatic heterocycles. The number of aromatic nitrogens is 1. The molecule has 0 radical (unpaired) electrons.